The van der Waals surface area contributed by atoms with Gasteiger partial charge in [-0.3, -0.25) is 9.71 Å². The number of benzene rings is 1. The fourth-order valence-corrected chi connectivity index (χ4v) is 3.56. The number of sulfonamides is 1. The van der Waals surface area contributed by atoms with E-state index in [-0.39, 0.29) is 22.0 Å². The Hall–Kier alpha value is -2.82. The second kappa shape index (κ2) is 9.40. The molecule has 0 spiro atoms. The highest BCUT2D eigenvalue weighted by molar-refractivity contribution is 7.89. The molecule has 0 fully saturated rings. The first-order valence-electron chi connectivity index (χ1n) is 8.29. The van der Waals surface area contributed by atoms with Crippen LogP contribution in [0.2, 0.25) is 0 Å². The van der Waals surface area contributed by atoms with E-state index in [0.717, 1.165) is 5.56 Å². The molecule has 1 aromatic heterocycles. The molecule has 0 saturated carbocycles. The van der Waals surface area contributed by atoms with Crippen LogP contribution in [0, 0.1) is 0 Å². The molecular weight excluding hydrogens is 381 g/mol. The van der Waals surface area contributed by atoms with Crippen LogP contribution in [0.15, 0.2) is 71.4 Å². The van der Waals surface area contributed by atoms with Crippen LogP contribution in [0.3, 0.4) is 0 Å². The van der Waals surface area contributed by atoms with Gasteiger partial charge < -0.3 is 20.1 Å². The molecule has 0 aliphatic rings. The van der Waals surface area contributed by atoms with Gasteiger partial charge in [0.05, 0.1) is 5.69 Å². The van der Waals surface area contributed by atoms with Crippen molar-refractivity contribution in [2.75, 3.05) is 12.4 Å². The SMILES string of the molecule is C=C(/C=C(\C)B(O)OC)NS(=O)(=O)c1ccc(O)cc1NCc1cccnc1. The monoisotopic (exact) mass is 403 g/mol. The van der Waals surface area contributed by atoms with Gasteiger partial charge in [-0.05, 0) is 42.2 Å². The van der Waals surface area contributed by atoms with E-state index >= 15 is 0 Å². The quantitative estimate of drug-likeness (QED) is 0.372. The topological polar surface area (TPSA) is 121 Å². The molecule has 0 bridgehead atoms. The van der Waals surface area contributed by atoms with Gasteiger partial charge in [-0.25, -0.2) is 8.42 Å². The lowest BCUT2D eigenvalue weighted by atomic mass is 9.79. The highest BCUT2D eigenvalue weighted by atomic mass is 32.2. The first-order chi connectivity index (χ1) is 13.2. The fraction of sp³-hybridized carbons (Fsp3) is 0.167. The summed E-state index contributed by atoms with van der Waals surface area (Å²) < 4.78 is 32.7. The van der Waals surface area contributed by atoms with Gasteiger partial charge in [-0.1, -0.05) is 12.6 Å². The largest absolute Gasteiger partial charge is 0.508 e. The molecule has 28 heavy (non-hydrogen) atoms. The molecule has 10 heteroatoms. The zero-order valence-corrected chi connectivity index (χ0v) is 16.4. The zero-order chi connectivity index (χ0) is 20.7. The standard InChI is InChI=1S/C18H22BN3O5S/c1-13(19(24)27-3)9-14(2)22-28(25,26)18-7-6-16(23)10-17(18)21-12-15-5-4-8-20-11-15/h4-11,21-24H,2,12H2,1,3H3/b13-9+. The van der Waals surface area contributed by atoms with Crippen molar-refractivity contribution >= 4 is 22.8 Å². The first-order valence-corrected chi connectivity index (χ1v) is 9.78. The Labute approximate surface area is 164 Å². The number of nitrogens with one attached hydrogen (secondary N) is 2. The van der Waals surface area contributed by atoms with E-state index < -0.39 is 17.1 Å². The van der Waals surface area contributed by atoms with E-state index in [1.165, 1.54) is 31.4 Å². The summed E-state index contributed by atoms with van der Waals surface area (Å²) in [5, 5.41) is 22.3. The van der Waals surface area contributed by atoms with Crippen molar-refractivity contribution in [1.82, 2.24) is 9.71 Å². The van der Waals surface area contributed by atoms with E-state index in [4.69, 9.17) is 4.65 Å². The maximum atomic E-state index is 12.8. The lowest BCUT2D eigenvalue weighted by Crippen LogP contribution is -2.24. The van der Waals surface area contributed by atoms with Gasteiger partial charge in [0.15, 0.2) is 0 Å². The summed E-state index contributed by atoms with van der Waals surface area (Å²) in [4.78, 5) is 3.94. The number of phenolic OH excluding ortho intramolecular Hbond substituents is 1. The smallest absolute Gasteiger partial charge is 0.486 e. The Kier molecular flexibility index (Phi) is 7.21. The third-order valence-corrected chi connectivity index (χ3v) is 5.20. The molecule has 0 saturated heterocycles. The molecule has 4 N–H and O–H groups in total. The number of nitrogens with zero attached hydrogens (tertiary/aromatic N) is 1. The lowest BCUT2D eigenvalue weighted by Gasteiger charge is -2.15. The van der Waals surface area contributed by atoms with Crippen LogP contribution in [-0.2, 0) is 21.2 Å². The minimum atomic E-state index is -4.00. The van der Waals surface area contributed by atoms with Crippen LogP contribution >= 0.6 is 0 Å². The van der Waals surface area contributed by atoms with Crippen LogP contribution in [0.1, 0.15) is 12.5 Å². The number of aromatic hydroxyl groups is 1. The second-order valence-electron chi connectivity index (χ2n) is 6.00. The van der Waals surface area contributed by atoms with Crippen molar-refractivity contribution in [1.29, 1.82) is 0 Å². The third kappa shape index (κ3) is 5.84. The van der Waals surface area contributed by atoms with Crippen LogP contribution in [0.25, 0.3) is 0 Å². The number of rotatable bonds is 9. The van der Waals surface area contributed by atoms with Crippen molar-refractivity contribution in [3.05, 3.63) is 72.1 Å². The Morgan fingerprint density at radius 3 is 2.79 bits per heavy atom. The molecule has 8 nitrogen and oxygen atoms in total. The molecule has 1 heterocycles. The average Bonchev–Trinajstić information content (AvgIpc) is 2.65. The molecule has 0 amide bonds. The molecule has 0 unspecified atom stereocenters. The number of pyridine rings is 1. The van der Waals surface area contributed by atoms with E-state index in [1.807, 2.05) is 6.07 Å². The maximum Gasteiger partial charge on any atom is 0.486 e. The van der Waals surface area contributed by atoms with Crippen molar-refractivity contribution in [2.24, 2.45) is 0 Å². The Morgan fingerprint density at radius 2 is 2.14 bits per heavy atom. The fourth-order valence-electron chi connectivity index (χ4n) is 2.38. The van der Waals surface area contributed by atoms with Crippen LogP contribution in [0.5, 0.6) is 5.75 Å². The van der Waals surface area contributed by atoms with Gasteiger partial charge in [0.25, 0.3) is 10.0 Å². The normalized spacial score (nSPS) is 11.8. The average molecular weight is 403 g/mol. The molecule has 2 aromatic rings. The minimum Gasteiger partial charge on any atom is -0.508 e. The van der Waals surface area contributed by atoms with Gasteiger partial charge in [0, 0.05) is 37.8 Å². The Bertz CT molecular complexity index is 964. The van der Waals surface area contributed by atoms with Crippen molar-refractivity contribution in [3.63, 3.8) is 0 Å². The highest BCUT2D eigenvalue weighted by Gasteiger charge is 2.20. The highest BCUT2D eigenvalue weighted by Crippen LogP contribution is 2.27. The molecule has 1 aromatic carbocycles. The van der Waals surface area contributed by atoms with Gasteiger partial charge in [-0.15, -0.1) is 0 Å². The molecule has 2 rings (SSSR count). The van der Waals surface area contributed by atoms with E-state index in [0.29, 0.717) is 12.0 Å². The summed E-state index contributed by atoms with van der Waals surface area (Å²) in [5.74, 6) is -0.0783. The molecule has 0 aliphatic heterocycles. The summed E-state index contributed by atoms with van der Waals surface area (Å²) in [6.07, 6.45) is 4.66. The van der Waals surface area contributed by atoms with Gasteiger partial charge in [0.2, 0.25) is 0 Å². The molecule has 0 aliphatic carbocycles. The number of anilines is 1. The Balaban J connectivity index is 2.24. The molecular formula is C18H22BN3O5S. The van der Waals surface area contributed by atoms with Crippen LogP contribution in [0.4, 0.5) is 5.69 Å². The first kappa shape index (κ1) is 21.5. The van der Waals surface area contributed by atoms with Gasteiger partial charge in [0.1, 0.15) is 10.6 Å². The number of hydrogen-bond acceptors (Lipinski definition) is 7. The predicted octanol–water partition coefficient (Wildman–Crippen LogP) is 1.80. The van der Waals surface area contributed by atoms with Gasteiger partial charge >= 0.3 is 7.12 Å². The number of phenols is 1. The van der Waals surface area contributed by atoms with Gasteiger partial charge in [-0.2, -0.15) is 0 Å². The summed E-state index contributed by atoms with van der Waals surface area (Å²) in [6.45, 7) is 5.55. The van der Waals surface area contributed by atoms with E-state index in [2.05, 4.69) is 21.6 Å². The number of hydrogen-bond donors (Lipinski definition) is 4. The summed E-state index contributed by atoms with van der Waals surface area (Å²) in [7, 11) is -3.83. The number of aromatic nitrogens is 1. The maximum absolute atomic E-state index is 12.8. The predicted molar refractivity (Wildman–Crippen MR) is 108 cm³/mol. The zero-order valence-electron chi connectivity index (χ0n) is 15.6. The third-order valence-electron chi connectivity index (χ3n) is 3.74. The van der Waals surface area contributed by atoms with E-state index in [1.54, 1.807) is 25.4 Å². The van der Waals surface area contributed by atoms with Crippen molar-refractivity contribution < 1.29 is 23.2 Å². The minimum absolute atomic E-state index is 0.0554. The Morgan fingerprint density at radius 1 is 1.39 bits per heavy atom. The van der Waals surface area contributed by atoms with Crippen molar-refractivity contribution in [3.8, 4) is 5.75 Å². The van der Waals surface area contributed by atoms with Crippen LogP contribution < -0.4 is 10.0 Å². The lowest BCUT2D eigenvalue weighted by molar-refractivity contribution is 0.336. The molecule has 0 atom stereocenters. The summed E-state index contributed by atoms with van der Waals surface area (Å²) in [5.41, 5.74) is 1.51. The summed E-state index contributed by atoms with van der Waals surface area (Å²) in [6, 6.07) is 7.50. The number of allylic oxidation sites excluding steroid dienone is 2. The van der Waals surface area contributed by atoms with E-state index in [9.17, 15) is 18.5 Å². The second-order valence-corrected chi connectivity index (χ2v) is 7.65. The molecule has 148 valence electrons. The summed E-state index contributed by atoms with van der Waals surface area (Å²) >= 11 is 0. The van der Waals surface area contributed by atoms with Crippen molar-refractivity contribution in [2.45, 2.75) is 18.4 Å². The molecule has 0 radical (unpaired) electrons. The van der Waals surface area contributed by atoms with Crippen LogP contribution in [-0.4, -0.2) is 37.8 Å².